The Bertz CT molecular complexity index is 514. The average Bonchev–Trinajstić information content (AvgIpc) is 2.48. The van der Waals surface area contributed by atoms with E-state index in [4.69, 9.17) is 0 Å². The molecule has 3 heteroatoms. The van der Waals surface area contributed by atoms with Crippen LogP contribution in [0.3, 0.4) is 0 Å². The second-order valence-corrected chi connectivity index (χ2v) is 5.69. The Hall–Kier alpha value is -1.64. The maximum Gasteiger partial charge on any atom is 0.253 e. The van der Waals surface area contributed by atoms with Crippen LogP contribution < -0.4 is 0 Å². The molecule has 1 aliphatic rings. The molecule has 0 aromatic heterocycles. The fourth-order valence-corrected chi connectivity index (χ4v) is 2.75. The Morgan fingerprint density at radius 1 is 1.15 bits per heavy atom. The van der Waals surface area contributed by atoms with E-state index in [1.54, 1.807) is 0 Å². The average molecular weight is 273 g/mol. The quantitative estimate of drug-likeness (QED) is 0.848. The Morgan fingerprint density at radius 2 is 1.80 bits per heavy atom. The topological polar surface area (TPSA) is 37.4 Å². The fraction of sp³-hybridized carbons (Fsp3) is 0.529. The van der Waals surface area contributed by atoms with Crippen LogP contribution in [0.2, 0.25) is 0 Å². The lowest BCUT2D eigenvalue weighted by molar-refractivity contribution is -0.123. The summed E-state index contributed by atoms with van der Waals surface area (Å²) in [5.74, 6) is 0.586. The van der Waals surface area contributed by atoms with Crippen LogP contribution in [0.5, 0.6) is 0 Å². The van der Waals surface area contributed by atoms with Crippen molar-refractivity contribution in [1.82, 2.24) is 4.90 Å². The van der Waals surface area contributed by atoms with E-state index in [-0.39, 0.29) is 11.8 Å². The van der Waals surface area contributed by atoms with Crippen LogP contribution >= 0.6 is 0 Å². The number of hydrogen-bond acceptors (Lipinski definition) is 2. The van der Waals surface area contributed by atoms with E-state index in [0.29, 0.717) is 25.3 Å². The van der Waals surface area contributed by atoms with Gasteiger partial charge in [0.05, 0.1) is 0 Å². The van der Waals surface area contributed by atoms with Crippen LogP contribution in [0.25, 0.3) is 0 Å². The smallest absolute Gasteiger partial charge is 0.253 e. The van der Waals surface area contributed by atoms with E-state index < -0.39 is 0 Å². The normalized spacial score (nSPS) is 16.2. The van der Waals surface area contributed by atoms with Gasteiger partial charge < -0.3 is 4.90 Å². The van der Waals surface area contributed by atoms with Gasteiger partial charge in [0.15, 0.2) is 0 Å². The number of amides is 1. The summed E-state index contributed by atoms with van der Waals surface area (Å²) in [5, 5.41) is 0. The molecule has 0 N–H and O–H groups in total. The first kappa shape index (κ1) is 14.8. The van der Waals surface area contributed by atoms with Gasteiger partial charge in [-0.3, -0.25) is 9.59 Å². The lowest BCUT2D eigenvalue weighted by Crippen LogP contribution is -2.40. The minimum atomic E-state index is 0.0931. The molecule has 1 amide bonds. The monoisotopic (exact) mass is 273 g/mol. The zero-order valence-electron chi connectivity index (χ0n) is 12.6. The number of ketones is 1. The fourth-order valence-electron chi connectivity index (χ4n) is 2.75. The number of hydrogen-bond donors (Lipinski definition) is 0. The highest BCUT2D eigenvalue weighted by Crippen LogP contribution is 2.21. The van der Waals surface area contributed by atoms with Crippen molar-refractivity contribution in [2.75, 3.05) is 13.1 Å². The highest BCUT2D eigenvalue weighted by atomic mass is 16.2. The molecule has 1 saturated heterocycles. The number of rotatable bonds is 3. The minimum Gasteiger partial charge on any atom is -0.339 e. The summed E-state index contributed by atoms with van der Waals surface area (Å²) in [6.45, 7) is 7.38. The first-order valence-corrected chi connectivity index (χ1v) is 7.42. The summed E-state index contributed by atoms with van der Waals surface area (Å²) < 4.78 is 0. The Morgan fingerprint density at radius 3 is 2.35 bits per heavy atom. The third-order valence-corrected chi connectivity index (χ3v) is 4.34. The van der Waals surface area contributed by atoms with Gasteiger partial charge in [0.1, 0.15) is 5.78 Å². The molecule has 0 saturated carbocycles. The number of benzene rings is 1. The van der Waals surface area contributed by atoms with Crippen LogP contribution in [0, 0.1) is 19.8 Å². The summed E-state index contributed by atoms with van der Waals surface area (Å²) in [5.41, 5.74) is 3.11. The molecule has 0 unspecified atom stereocenters. The van der Waals surface area contributed by atoms with Crippen molar-refractivity contribution in [3.63, 3.8) is 0 Å². The molecule has 1 heterocycles. The van der Waals surface area contributed by atoms with Gasteiger partial charge >= 0.3 is 0 Å². The van der Waals surface area contributed by atoms with Crippen LogP contribution in [0.15, 0.2) is 18.2 Å². The molecular weight excluding hydrogens is 250 g/mol. The molecule has 2 rings (SSSR count). The summed E-state index contributed by atoms with van der Waals surface area (Å²) in [7, 11) is 0. The predicted octanol–water partition coefficient (Wildman–Crippen LogP) is 3.13. The van der Waals surface area contributed by atoms with E-state index in [2.05, 4.69) is 0 Å². The second-order valence-electron chi connectivity index (χ2n) is 5.69. The highest BCUT2D eigenvalue weighted by molar-refractivity contribution is 5.94. The van der Waals surface area contributed by atoms with Gasteiger partial charge in [-0.25, -0.2) is 0 Å². The van der Waals surface area contributed by atoms with E-state index >= 15 is 0 Å². The lowest BCUT2D eigenvalue weighted by Gasteiger charge is -2.31. The minimum absolute atomic E-state index is 0.0931. The first-order valence-electron chi connectivity index (χ1n) is 7.42. The van der Waals surface area contributed by atoms with Crippen LogP contribution in [0.1, 0.15) is 47.7 Å². The van der Waals surface area contributed by atoms with Gasteiger partial charge in [-0.2, -0.15) is 0 Å². The van der Waals surface area contributed by atoms with Crippen LogP contribution in [-0.4, -0.2) is 29.7 Å². The molecule has 0 spiro atoms. The molecule has 1 fully saturated rings. The number of Topliss-reactive ketones (excluding diaryl/α,β-unsaturated/α-hetero) is 1. The largest absolute Gasteiger partial charge is 0.339 e. The second kappa shape index (κ2) is 6.21. The Labute approximate surface area is 121 Å². The van der Waals surface area contributed by atoms with Crippen molar-refractivity contribution < 1.29 is 9.59 Å². The van der Waals surface area contributed by atoms with Crippen molar-refractivity contribution in [1.29, 1.82) is 0 Å². The third kappa shape index (κ3) is 3.09. The summed E-state index contributed by atoms with van der Waals surface area (Å²) in [6, 6.07) is 5.85. The van der Waals surface area contributed by atoms with Crippen molar-refractivity contribution in [3.8, 4) is 0 Å². The number of piperidine rings is 1. The predicted molar refractivity (Wildman–Crippen MR) is 79.8 cm³/mol. The van der Waals surface area contributed by atoms with Gasteiger partial charge in [0.2, 0.25) is 0 Å². The number of likely N-dealkylation sites (tertiary alicyclic amines) is 1. The zero-order chi connectivity index (χ0) is 14.7. The van der Waals surface area contributed by atoms with Crippen molar-refractivity contribution in [2.24, 2.45) is 5.92 Å². The molecule has 0 aliphatic carbocycles. The van der Waals surface area contributed by atoms with Gasteiger partial charge in [-0.1, -0.05) is 13.0 Å². The standard InChI is InChI=1S/C17H23NO2/c1-4-16(19)14-7-9-18(10-8-14)17(20)15-6-5-12(2)13(3)11-15/h5-6,11,14H,4,7-10H2,1-3H3. The maximum absolute atomic E-state index is 12.5. The van der Waals surface area contributed by atoms with Crippen LogP contribution in [-0.2, 0) is 4.79 Å². The van der Waals surface area contributed by atoms with E-state index in [1.165, 1.54) is 5.56 Å². The maximum atomic E-state index is 12.5. The molecule has 0 atom stereocenters. The molecule has 20 heavy (non-hydrogen) atoms. The summed E-state index contributed by atoms with van der Waals surface area (Å²) in [4.78, 5) is 26.0. The SMILES string of the molecule is CCC(=O)C1CCN(C(=O)c2ccc(C)c(C)c2)CC1. The highest BCUT2D eigenvalue weighted by Gasteiger charge is 2.26. The molecule has 1 aromatic carbocycles. The molecule has 1 aromatic rings. The summed E-state index contributed by atoms with van der Waals surface area (Å²) >= 11 is 0. The molecule has 0 bridgehead atoms. The van der Waals surface area contributed by atoms with Crippen molar-refractivity contribution in [2.45, 2.75) is 40.0 Å². The van der Waals surface area contributed by atoms with Gasteiger partial charge in [-0.05, 0) is 49.9 Å². The van der Waals surface area contributed by atoms with Gasteiger partial charge in [-0.15, -0.1) is 0 Å². The van der Waals surface area contributed by atoms with E-state index in [1.807, 2.05) is 43.9 Å². The lowest BCUT2D eigenvalue weighted by atomic mass is 9.91. The number of carbonyl (C=O) groups is 2. The van der Waals surface area contributed by atoms with Gasteiger partial charge in [0, 0.05) is 31.0 Å². The summed E-state index contributed by atoms with van der Waals surface area (Å²) in [6.07, 6.45) is 2.22. The number of carbonyl (C=O) groups excluding carboxylic acids is 2. The zero-order valence-corrected chi connectivity index (χ0v) is 12.6. The Kier molecular flexibility index (Phi) is 4.58. The van der Waals surface area contributed by atoms with E-state index in [9.17, 15) is 9.59 Å². The molecule has 1 aliphatic heterocycles. The number of nitrogens with zero attached hydrogens (tertiary/aromatic N) is 1. The van der Waals surface area contributed by atoms with E-state index in [0.717, 1.165) is 24.0 Å². The Balaban J connectivity index is 2.01. The van der Waals surface area contributed by atoms with Crippen LogP contribution in [0.4, 0.5) is 0 Å². The first-order chi connectivity index (χ1) is 9.52. The molecular formula is C17H23NO2. The van der Waals surface area contributed by atoms with Crippen molar-refractivity contribution in [3.05, 3.63) is 34.9 Å². The molecule has 0 radical (unpaired) electrons. The van der Waals surface area contributed by atoms with Crippen molar-refractivity contribution >= 4 is 11.7 Å². The molecule has 108 valence electrons. The third-order valence-electron chi connectivity index (χ3n) is 4.34. The molecule has 3 nitrogen and oxygen atoms in total. The number of aryl methyl sites for hydroxylation is 2. The van der Waals surface area contributed by atoms with Gasteiger partial charge in [0.25, 0.3) is 5.91 Å².